The van der Waals surface area contributed by atoms with Crippen LogP contribution in [-0.2, 0) is 0 Å². The molecule has 1 aromatic heterocycles. The van der Waals surface area contributed by atoms with Crippen molar-refractivity contribution in [2.45, 2.75) is 25.6 Å². The lowest BCUT2D eigenvalue weighted by atomic mass is 10.1. The number of nitrogens with one attached hydrogen (secondary N) is 2. The molecular formula is C17H20FN3O2. The van der Waals surface area contributed by atoms with Crippen LogP contribution in [0.3, 0.4) is 0 Å². The molecule has 2 heterocycles. The van der Waals surface area contributed by atoms with Gasteiger partial charge in [0.25, 0.3) is 5.91 Å². The van der Waals surface area contributed by atoms with Crippen molar-refractivity contribution in [3.8, 4) is 5.75 Å². The van der Waals surface area contributed by atoms with Gasteiger partial charge < -0.3 is 15.4 Å². The molecule has 1 fully saturated rings. The van der Waals surface area contributed by atoms with Crippen LogP contribution in [0.4, 0.5) is 4.39 Å². The first-order valence-corrected chi connectivity index (χ1v) is 7.68. The van der Waals surface area contributed by atoms with Crippen molar-refractivity contribution in [3.63, 3.8) is 0 Å². The van der Waals surface area contributed by atoms with Crippen LogP contribution >= 0.6 is 0 Å². The van der Waals surface area contributed by atoms with Gasteiger partial charge in [-0.05, 0) is 31.5 Å². The molecule has 1 amide bonds. The smallest absolute Gasteiger partial charge is 0.253 e. The van der Waals surface area contributed by atoms with Gasteiger partial charge >= 0.3 is 0 Å². The lowest BCUT2D eigenvalue weighted by Gasteiger charge is -2.13. The van der Waals surface area contributed by atoms with E-state index in [-0.39, 0.29) is 11.9 Å². The summed E-state index contributed by atoms with van der Waals surface area (Å²) in [6, 6.07) is 7.38. The standard InChI is InChI=1S/C17H20FN3O2/c1-10-15(17(22)20-9-13-6-12(18)8-19-13)5-11-3-4-14(23-2)7-16(11)21-10/h3-5,7,12-13,19H,6,8-9H2,1-2H3,(H,20,22)/t12-,13-/m0/s1. The molecule has 5 nitrogen and oxygen atoms in total. The Morgan fingerprint density at radius 1 is 1.48 bits per heavy atom. The zero-order valence-electron chi connectivity index (χ0n) is 13.2. The molecule has 1 aliphatic heterocycles. The monoisotopic (exact) mass is 317 g/mol. The van der Waals surface area contributed by atoms with Gasteiger partial charge in [-0.2, -0.15) is 0 Å². The third-order valence-corrected chi connectivity index (χ3v) is 4.14. The second-order valence-electron chi connectivity index (χ2n) is 5.83. The lowest BCUT2D eigenvalue weighted by molar-refractivity contribution is 0.0949. The van der Waals surface area contributed by atoms with Crippen molar-refractivity contribution in [1.29, 1.82) is 0 Å². The molecule has 3 rings (SSSR count). The number of fused-ring (bicyclic) bond motifs is 1. The normalized spacial score (nSPS) is 20.7. The first kappa shape index (κ1) is 15.7. The summed E-state index contributed by atoms with van der Waals surface area (Å²) in [6.45, 7) is 2.58. The number of halogens is 1. The summed E-state index contributed by atoms with van der Waals surface area (Å²) >= 11 is 0. The lowest BCUT2D eigenvalue weighted by Crippen LogP contribution is -2.37. The van der Waals surface area contributed by atoms with E-state index in [1.807, 2.05) is 24.3 Å². The molecule has 6 heteroatoms. The fraction of sp³-hybridized carbons (Fsp3) is 0.412. The van der Waals surface area contributed by atoms with E-state index in [1.54, 1.807) is 14.0 Å². The van der Waals surface area contributed by atoms with Crippen LogP contribution in [0.2, 0.25) is 0 Å². The number of carbonyl (C=O) groups excluding carboxylic acids is 1. The summed E-state index contributed by atoms with van der Waals surface area (Å²) in [6.07, 6.45) is -0.384. The second-order valence-corrected chi connectivity index (χ2v) is 5.83. The Morgan fingerprint density at radius 3 is 3.00 bits per heavy atom. The number of nitrogens with zero attached hydrogens (tertiary/aromatic N) is 1. The molecule has 23 heavy (non-hydrogen) atoms. The molecule has 1 aliphatic rings. The van der Waals surface area contributed by atoms with E-state index in [0.29, 0.717) is 30.8 Å². The number of benzene rings is 1. The zero-order valence-corrected chi connectivity index (χ0v) is 13.2. The average molecular weight is 317 g/mol. The third-order valence-electron chi connectivity index (χ3n) is 4.14. The van der Waals surface area contributed by atoms with E-state index in [4.69, 9.17) is 4.74 Å². The number of aromatic nitrogens is 1. The van der Waals surface area contributed by atoms with Crippen molar-refractivity contribution in [2.75, 3.05) is 20.2 Å². The molecule has 0 saturated carbocycles. The number of rotatable bonds is 4. The van der Waals surface area contributed by atoms with Crippen molar-refractivity contribution < 1.29 is 13.9 Å². The Kier molecular flexibility index (Phi) is 4.43. The van der Waals surface area contributed by atoms with Crippen LogP contribution in [0.1, 0.15) is 22.5 Å². The van der Waals surface area contributed by atoms with Gasteiger partial charge in [0.1, 0.15) is 11.9 Å². The van der Waals surface area contributed by atoms with Crippen LogP contribution in [0.15, 0.2) is 24.3 Å². The minimum atomic E-state index is -0.823. The van der Waals surface area contributed by atoms with Gasteiger partial charge in [-0.25, -0.2) is 4.39 Å². The first-order valence-electron chi connectivity index (χ1n) is 7.68. The number of methoxy groups -OCH3 is 1. The number of aryl methyl sites for hydroxylation is 1. The summed E-state index contributed by atoms with van der Waals surface area (Å²) in [5.41, 5.74) is 1.99. The van der Waals surface area contributed by atoms with E-state index in [2.05, 4.69) is 15.6 Å². The van der Waals surface area contributed by atoms with Crippen molar-refractivity contribution in [1.82, 2.24) is 15.6 Å². The Bertz CT molecular complexity index is 735. The number of amides is 1. The highest BCUT2D eigenvalue weighted by Gasteiger charge is 2.24. The molecule has 0 aliphatic carbocycles. The predicted octanol–water partition coefficient (Wildman–Crippen LogP) is 1.98. The topological polar surface area (TPSA) is 63.2 Å². The fourth-order valence-electron chi connectivity index (χ4n) is 2.84. The van der Waals surface area contributed by atoms with Crippen molar-refractivity contribution >= 4 is 16.8 Å². The van der Waals surface area contributed by atoms with Crippen LogP contribution in [-0.4, -0.2) is 43.3 Å². The van der Waals surface area contributed by atoms with E-state index >= 15 is 0 Å². The molecule has 122 valence electrons. The molecule has 0 spiro atoms. The highest BCUT2D eigenvalue weighted by molar-refractivity contribution is 5.98. The zero-order chi connectivity index (χ0) is 16.4. The highest BCUT2D eigenvalue weighted by Crippen LogP contribution is 2.21. The molecule has 0 unspecified atom stereocenters. The summed E-state index contributed by atoms with van der Waals surface area (Å²) in [7, 11) is 1.61. The van der Waals surface area contributed by atoms with Crippen LogP contribution in [0, 0.1) is 6.92 Å². The van der Waals surface area contributed by atoms with Gasteiger partial charge in [-0.3, -0.25) is 9.78 Å². The maximum Gasteiger partial charge on any atom is 0.253 e. The predicted molar refractivity (Wildman–Crippen MR) is 86.7 cm³/mol. The maximum absolute atomic E-state index is 13.1. The molecular weight excluding hydrogens is 297 g/mol. The Hall–Kier alpha value is -2.21. The molecule has 2 N–H and O–H groups in total. The highest BCUT2D eigenvalue weighted by atomic mass is 19.1. The Labute approximate surface area is 134 Å². The number of ether oxygens (including phenoxy) is 1. The maximum atomic E-state index is 13.1. The average Bonchev–Trinajstić information content (AvgIpc) is 2.96. The molecule has 2 atom stereocenters. The van der Waals surface area contributed by atoms with Gasteiger partial charge in [0.05, 0.1) is 23.9 Å². The van der Waals surface area contributed by atoms with Crippen LogP contribution < -0.4 is 15.4 Å². The fourth-order valence-corrected chi connectivity index (χ4v) is 2.84. The Morgan fingerprint density at radius 2 is 2.30 bits per heavy atom. The van der Waals surface area contributed by atoms with Crippen molar-refractivity contribution in [3.05, 3.63) is 35.5 Å². The minimum Gasteiger partial charge on any atom is -0.497 e. The third kappa shape index (κ3) is 3.42. The van der Waals surface area contributed by atoms with Gasteiger partial charge in [0.15, 0.2) is 0 Å². The summed E-state index contributed by atoms with van der Waals surface area (Å²) in [5.74, 6) is 0.548. The number of pyridine rings is 1. The molecule has 0 radical (unpaired) electrons. The quantitative estimate of drug-likeness (QED) is 0.905. The van der Waals surface area contributed by atoms with E-state index in [9.17, 15) is 9.18 Å². The molecule has 0 bridgehead atoms. The summed E-state index contributed by atoms with van der Waals surface area (Å²) < 4.78 is 18.3. The van der Waals surface area contributed by atoms with Gasteiger partial charge in [0.2, 0.25) is 0 Å². The van der Waals surface area contributed by atoms with E-state index in [1.165, 1.54) is 0 Å². The second kappa shape index (κ2) is 6.50. The first-order chi connectivity index (χ1) is 11.1. The number of carbonyl (C=O) groups is 1. The SMILES string of the molecule is COc1ccc2cc(C(=O)NC[C@@H]3C[C@H](F)CN3)c(C)nc2c1. The van der Waals surface area contributed by atoms with Crippen LogP contribution in [0.5, 0.6) is 5.75 Å². The Balaban J connectivity index is 1.76. The summed E-state index contributed by atoms with van der Waals surface area (Å²) in [5, 5.41) is 6.79. The molecule has 2 aromatic rings. The molecule has 1 aromatic carbocycles. The number of hydrogen-bond donors (Lipinski definition) is 2. The van der Waals surface area contributed by atoms with Gasteiger partial charge in [-0.1, -0.05) is 0 Å². The number of alkyl halides is 1. The molecule has 1 saturated heterocycles. The van der Waals surface area contributed by atoms with E-state index < -0.39 is 6.17 Å². The minimum absolute atomic E-state index is 0.00747. The van der Waals surface area contributed by atoms with Crippen molar-refractivity contribution in [2.24, 2.45) is 0 Å². The van der Waals surface area contributed by atoms with Crippen LogP contribution in [0.25, 0.3) is 10.9 Å². The van der Waals surface area contributed by atoms with Gasteiger partial charge in [0, 0.05) is 30.6 Å². The van der Waals surface area contributed by atoms with Gasteiger partial charge in [-0.15, -0.1) is 0 Å². The largest absolute Gasteiger partial charge is 0.497 e. The number of hydrogen-bond acceptors (Lipinski definition) is 4. The van der Waals surface area contributed by atoms with E-state index in [0.717, 1.165) is 16.7 Å². The summed E-state index contributed by atoms with van der Waals surface area (Å²) in [4.78, 5) is 16.9.